The van der Waals surface area contributed by atoms with E-state index in [2.05, 4.69) is 5.32 Å². The van der Waals surface area contributed by atoms with E-state index in [4.69, 9.17) is 0 Å². The Balaban J connectivity index is 1.61. The number of amides is 2. The van der Waals surface area contributed by atoms with Gasteiger partial charge in [-0.25, -0.2) is 4.39 Å². The predicted molar refractivity (Wildman–Crippen MR) is 86.8 cm³/mol. The van der Waals surface area contributed by atoms with Crippen LogP contribution in [0.25, 0.3) is 0 Å². The molecule has 1 saturated heterocycles. The van der Waals surface area contributed by atoms with Crippen molar-refractivity contribution in [3.05, 3.63) is 59.9 Å². The number of carbonyl (C=O) groups is 2. The fourth-order valence-corrected chi connectivity index (χ4v) is 2.67. The second-order valence-corrected chi connectivity index (χ2v) is 5.55. The fraction of sp³-hybridized carbons (Fsp3) is 0.222. The molecule has 3 rings (SSSR count). The van der Waals surface area contributed by atoms with Crippen LogP contribution in [0.2, 0.25) is 0 Å². The molecule has 1 aliphatic rings. The van der Waals surface area contributed by atoms with Crippen LogP contribution in [0, 0.1) is 5.82 Å². The van der Waals surface area contributed by atoms with E-state index in [1.54, 1.807) is 17.0 Å². The van der Waals surface area contributed by atoms with Crippen LogP contribution < -0.4 is 10.2 Å². The summed E-state index contributed by atoms with van der Waals surface area (Å²) in [5.74, 6) is -0.454. The smallest absolute Gasteiger partial charge is 0.228 e. The lowest BCUT2D eigenvalue weighted by atomic mass is 10.1. The molecule has 0 bridgehead atoms. The Labute approximate surface area is 133 Å². The zero-order chi connectivity index (χ0) is 16.2. The summed E-state index contributed by atoms with van der Waals surface area (Å²) in [5, 5.41) is 2.66. The summed E-state index contributed by atoms with van der Waals surface area (Å²) in [6.45, 7) is 0.748. The second kappa shape index (κ2) is 6.60. The Hall–Kier alpha value is -2.69. The van der Waals surface area contributed by atoms with Crippen molar-refractivity contribution in [1.29, 1.82) is 0 Å². The van der Waals surface area contributed by atoms with Gasteiger partial charge in [0.05, 0.1) is 6.42 Å². The van der Waals surface area contributed by atoms with Crippen molar-refractivity contribution < 1.29 is 14.0 Å². The first-order valence-corrected chi connectivity index (χ1v) is 7.56. The minimum absolute atomic E-state index is 0.140. The summed E-state index contributed by atoms with van der Waals surface area (Å²) in [6.07, 6.45) is 1.68. The van der Waals surface area contributed by atoms with Gasteiger partial charge in [0.2, 0.25) is 11.8 Å². The first-order valence-electron chi connectivity index (χ1n) is 7.56. The lowest BCUT2D eigenvalue weighted by Crippen LogP contribution is -2.23. The highest BCUT2D eigenvalue weighted by molar-refractivity contribution is 5.95. The van der Waals surface area contributed by atoms with Crippen LogP contribution in [0.15, 0.2) is 48.5 Å². The van der Waals surface area contributed by atoms with Crippen molar-refractivity contribution in [2.45, 2.75) is 19.3 Å². The maximum absolute atomic E-state index is 13.1. The van der Waals surface area contributed by atoms with Gasteiger partial charge >= 0.3 is 0 Å². The van der Waals surface area contributed by atoms with Crippen LogP contribution >= 0.6 is 0 Å². The Morgan fingerprint density at radius 3 is 2.61 bits per heavy atom. The number of anilines is 2. The lowest BCUT2D eigenvalue weighted by Gasteiger charge is -2.15. The highest BCUT2D eigenvalue weighted by Crippen LogP contribution is 2.21. The van der Waals surface area contributed by atoms with Crippen molar-refractivity contribution in [1.82, 2.24) is 0 Å². The molecule has 23 heavy (non-hydrogen) atoms. The average Bonchev–Trinajstić information content (AvgIpc) is 2.94. The number of nitrogens with zero attached hydrogens (tertiary/aromatic N) is 1. The van der Waals surface area contributed by atoms with Crippen LogP contribution in [-0.2, 0) is 16.0 Å². The number of nitrogens with one attached hydrogen (secondary N) is 1. The standard InChI is InChI=1S/C18H17FN2O2/c19-14-3-1-4-15(12-14)20-17(22)11-13-6-8-16(9-7-13)21-10-2-5-18(21)23/h1,3-4,6-9,12H,2,5,10-11H2,(H,20,22). The molecule has 1 heterocycles. The average molecular weight is 312 g/mol. The first kappa shape index (κ1) is 15.2. The molecule has 1 N–H and O–H groups in total. The molecule has 4 nitrogen and oxygen atoms in total. The topological polar surface area (TPSA) is 49.4 Å². The molecule has 2 aromatic rings. The Morgan fingerprint density at radius 1 is 1.17 bits per heavy atom. The molecule has 0 saturated carbocycles. The molecule has 0 unspecified atom stereocenters. The summed E-state index contributed by atoms with van der Waals surface area (Å²) < 4.78 is 13.1. The number of halogens is 1. The van der Waals surface area contributed by atoms with Crippen molar-refractivity contribution in [2.24, 2.45) is 0 Å². The third-order valence-corrected chi connectivity index (χ3v) is 3.79. The highest BCUT2D eigenvalue weighted by atomic mass is 19.1. The quantitative estimate of drug-likeness (QED) is 0.943. The Kier molecular flexibility index (Phi) is 4.37. The Bertz CT molecular complexity index is 728. The Morgan fingerprint density at radius 2 is 1.96 bits per heavy atom. The van der Waals surface area contributed by atoms with Crippen LogP contribution in [0.5, 0.6) is 0 Å². The zero-order valence-corrected chi connectivity index (χ0v) is 12.6. The predicted octanol–water partition coefficient (Wildman–Crippen LogP) is 3.13. The molecule has 2 aromatic carbocycles. The van der Waals surface area contributed by atoms with E-state index in [1.807, 2.05) is 24.3 Å². The van der Waals surface area contributed by atoms with E-state index in [-0.39, 0.29) is 24.1 Å². The number of hydrogen-bond donors (Lipinski definition) is 1. The normalized spacial score (nSPS) is 14.1. The molecule has 118 valence electrons. The van der Waals surface area contributed by atoms with E-state index in [9.17, 15) is 14.0 Å². The number of rotatable bonds is 4. The molecule has 1 fully saturated rings. The van der Waals surface area contributed by atoms with E-state index in [0.29, 0.717) is 12.1 Å². The molecule has 0 spiro atoms. The number of benzene rings is 2. The molecule has 0 atom stereocenters. The fourth-order valence-electron chi connectivity index (χ4n) is 2.67. The third kappa shape index (κ3) is 3.74. The van der Waals surface area contributed by atoms with Gasteiger partial charge < -0.3 is 10.2 Å². The van der Waals surface area contributed by atoms with Gasteiger partial charge in [-0.1, -0.05) is 18.2 Å². The van der Waals surface area contributed by atoms with Gasteiger partial charge in [-0.2, -0.15) is 0 Å². The highest BCUT2D eigenvalue weighted by Gasteiger charge is 2.21. The second-order valence-electron chi connectivity index (χ2n) is 5.55. The van der Waals surface area contributed by atoms with Gasteiger partial charge in [0, 0.05) is 24.3 Å². The van der Waals surface area contributed by atoms with Gasteiger partial charge in [-0.3, -0.25) is 9.59 Å². The van der Waals surface area contributed by atoms with Gasteiger partial charge in [-0.05, 0) is 42.3 Å². The first-order chi connectivity index (χ1) is 11.1. The van der Waals surface area contributed by atoms with Crippen molar-refractivity contribution in [3.8, 4) is 0 Å². The zero-order valence-electron chi connectivity index (χ0n) is 12.6. The molecule has 1 aliphatic heterocycles. The number of hydrogen-bond acceptors (Lipinski definition) is 2. The maximum atomic E-state index is 13.1. The monoisotopic (exact) mass is 312 g/mol. The van der Waals surface area contributed by atoms with Crippen molar-refractivity contribution in [2.75, 3.05) is 16.8 Å². The minimum Gasteiger partial charge on any atom is -0.326 e. The molecular formula is C18H17FN2O2. The molecule has 0 aromatic heterocycles. The van der Waals surface area contributed by atoms with E-state index < -0.39 is 0 Å². The van der Waals surface area contributed by atoms with Crippen LogP contribution in [0.4, 0.5) is 15.8 Å². The summed E-state index contributed by atoms with van der Waals surface area (Å²) in [5.41, 5.74) is 2.14. The van der Waals surface area contributed by atoms with Crippen LogP contribution in [0.1, 0.15) is 18.4 Å². The summed E-state index contributed by atoms with van der Waals surface area (Å²) in [4.78, 5) is 25.4. The minimum atomic E-state index is -0.387. The third-order valence-electron chi connectivity index (χ3n) is 3.79. The van der Waals surface area contributed by atoms with Gasteiger partial charge in [0.15, 0.2) is 0 Å². The molecule has 2 amide bonds. The van der Waals surface area contributed by atoms with Crippen molar-refractivity contribution >= 4 is 23.2 Å². The lowest BCUT2D eigenvalue weighted by molar-refractivity contribution is -0.117. The van der Waals surface area contributed by atoms with E-state index in [0.717, 1.165) is 24.2 Å². The molecule has 5 heteroatoms. The number of carbonyl (C=O) groups excluding carboxylic acids is 2. The summed E-state index contributed by atoms with van der Waals surface area (Å²) >= 11 is 0. The largest absolute Gasteiger partial charge is 0.326 e. The summed E-state index contributed by atoms with van der Waals surface area (Å²) in [6, 6.07) is 13.2. The molecule has 0 aliphatic carbocycles. The van der Waals surface area contributed by atoms with E-state index >= 15 is 0 Å². The van der Waals surface area contributed by atoms with Gasteiger partial charge in [0.25, 0.3) is 0 Å². The SMILES string of the molecule is O=C(Cc1ccc(N2CCCC2=O)cc1)Nc1cccc(F)c1. The van der Waals surface area contributed by atoms with Crippen molar-refractivity contribution in [3.63, 3.8) is 0 Å². The van der Waals surface area contributed by atoms with Gasteiger partial charge in [0.1, 0.15) is 5.82 Å². The van der Waals surface area contributed by atoms with Gasteiger partial charge in [-0.15, -0.1) is 0 Å². The molecular weight excluding hydrogens is 295 g/mol. The molecule has 0 radical (unpaired) electrons. The van der Waals surface area contributed by atoms with Crippen LogP contribution in [0.3, 0.4) is 0 Å². The summed E-state index contributed by atoms with van der Waals surface area (Å²) in [7, 11) is 0. The van der Waals surface area contributed by atoms with Crippen LogP contribution in [-0.4, -0.2) is 18.4 Å². The van der Waals surface area contributed by atoms with E-state index in [1.165, 1.54) is 12.1 Å². The maximum Gasteiger partial charge on any atom is 0.228 e.